The van der Waals surface area contributed by atoms with Crippen molar-refractivity contribution in [2.75, 3.05) is 20.3 Å². The van der Waals surface area contributed by atoms with E-state index in [1.54, 1.807) is 0 Å². The average Bonchev–Trinajstić information content (AvgIpc) is 2.42. The molecule has 1 aromatic carbocycles. The molecule has 110 valence electrons. The molecule has 2 saturated heterocycles. The van der Waals surface area contributed by atoms with Crippen molar-refractivity contribution >= 4 is 0 Å². The van der Waals surface area contributed by atoms with Crippen LogP contribution < -0.4 is 0 Å². The maximum absolute atomic E-state index is 10.9. The molecule has 0 amide bonds. The second-order valence-electron chi connectivity index (χ2n) is 6.48. The first-order valence-corrected chi connectivity index (χ1v) is 7.72. The Morgan fingerprint density at radius 3 is 2.50 bits per heavy atom. The summed E-state index contributed by atoms with van der Waals surface area (Å²) in [4.78, 5) is 2.40. The Labute approximate surface area is 121 Å². The van der Waals surface area contributed by atoms with Crippen LogP contribution in [0.15, 0.2) is 30.3 Å². The van der Waals surface area contributed by atoms with Crippen molar-refractivity contribution in [3.8, 4) is 0 Å². The van der Waals surface area contributed by atoms with Crippen molar-refractivity contribution in [3.63, 3.8) is 0 Å². The van der Waals surface area contributed by atoms with Gasteiger partial charge in [0.2, 0.25) is 0 Å². The number of hydrogen-bond donors (Lipinski definition) is 1. The minimum absolute atomic E-state index is 0.393. The minimum Gasteiger partial charge on any atom is -0.390 e. The molecule has 2 fully saturated rings. The van der Waals surface area contributed by atoms with E-state index in [4.69, 9.17) is 4.74 Å². The Morgan fingerprint density at radius 1 is 1.20 bits per heavy atom. The summed E-state index contributed by atoms with van der Waals surface area (Å²) in [6.07, 6.45) is 4.74. The minimum atomic E-state index is -0.486. The Balaban J connectivity index is 1.54. The van der Waals surface area contributed by atoms with E-state index in [0.29, 0.717) is 12.1 Å². The number of aryl methyl sites for hydroxylation is 1. The van der Waals surface area contributed by atoms with E-state index in [0.717, 1.165) is 45.3 Å². The number of likely N-dealkylation sites (N-methyl/N-ethyl adjacent to an activating group) is 1. The summed E-state index contributed by atoms with van der Waals surface area (Å²) >= 11 is 0. The molecule has 2 heterocycles. The molecule has 2 unspecified atom stereocenters. The highest BCUT2D eigenvalue weighted by Gasteiger charge is 2.44. The zero-order valence-corrected chi connectivity index (χ0v) is 12.3. The molecule has 20 heavy (non-hydrogen) atoms. The number of benzene rings is 1. The highest BCUT2D eigenvalue weighted by atomic mass is 16.5. The number of rotatable bonds is 4. The van der Waals surface area contributed by atoms with Crippen LogP contribution in [-0.2, 0) is 11.2 Å². The molecule has 1 N–H and O–H groups in total. The van der Waals surface area contributed by atoms with Gasteiger partial charge in [0.05, 0.1) is 18.8 Å². The van der Waals surface area contributed by atoms with Gasteiger partial charge in [0.1, 0.15) is 0 Å². The molecule has 2 atom stereocenters. The van der Waals surface area contributed by atoms with E-state index < -0.39 is 5.60 Å². The van der Waals surface area contributed by atoms with Crippen LogP contribution in [-0.4, -0.2) is 48.0 Å². The van der Waals surface area contributed by atoms with Crippen molar-refractivity contribution < 1.29 is 9.84 Å². The van der Waals surface area contributed by atoms with Crippen molar-refractivity contribution in [1.29, 1.82) is 0 Å². The summed E-state index contributed by atoms with van der Waals surface area (Å²) in [6.45, 7) is 1.54. The van der Waals surface area contributed by atoms with Crippen LogP contribution in [0.2, 0.25) is 0 Å². The number of fused-ring (bicyclic) bond motifs is 2. The smallest absolute Gasteiger partial charge is 0.0679 e. The van der Waals surface area contributed by atoms with Gasteiger partial charge in [-0.05, 0) is 44.7 Å². The molecule has 0 spiro atoms. The summed E-state index contributed by atoms with van der Waals surface area (Å²) in [5.41, 5.74) is 0.882. The van der Waals surface area contributed by atoms with Gasteiger partial charge in [-0.15, -0.1) is 0 Å². The van der Waals surface area contributed by atoms with Gasteiger partial charge >= 0.3 is 0 Å². The summed E-state index contributed by atoms with van der Waals surface area (Å²) in [7, 11) is 2.17. The first-order chi connectivity index (χ1) is 9.66. The van der Waals surface area contributed by atoms with Gasteiger partial charge in [-0.2, -0.15) is 0 Å². The Bertz CT molecular complexity index is 420. The number of piperidine rings is 1. The maximum atomic E-state index is 10.9. The zero-order chi connectivity index (χ0) is 14.0. The fourth-order valence-electron chi connectivity index (χ4n) is 3.71. The van der Waals surface area contributed by atoms with Gasteiger partial charge in [0.15, 0.2) is 0 Å². The number of aliphatic hydroxyl groups is 1. The zero-order valence-electron chi connectivity index (χ0n) is 12.3. The maximum Gasteiger partial charge on any atom is 0.0679 e. The second kappa shape index (κ2) is 5.84. The molecule has 3 rings (SSSR count). The van der Waals surface area contributed by atoms with Gasteiger partial charge in [-0.25, -0.2) is 0 Å². The van der Waals surface area contributed by atoms with Crippen LogP contribution in [0.25, 0.3) is 0 Å². The van der Waals surface area contributed by atoms with E-state index in [-0.39, 0.29) is 0 Å². The SMILES string of the molecule is CN1C2COCC1CC(O)(CCCc1ccccc1)C2. The Morgan fingerprint density at radius 2 is 1.85 bits per heavy atom. The molecule has 0 aromatic heterocycles. The normalized spacial score (nSPS) is 34.1. The number of morpholine rings is 1. The lowest BCUT2D eigenvalue weighted by molar-refractivity contribution is -0.136. The first kappa shape index (κ1) is 14.1. The van der Waals surface area contributed by atoms with Gasteiger partial charge in [-0.3, -0.25) is 4.90 Å². The van der Waals surface area contributed by atoms with E-state index in [1.807, 2.05) is 0 Å². The fourth-order valence-corrected chi connectivity index (χ4v) is 3.71. The fraction of sp³-hybridized carbons (Fsp3) is 0.647. The van der Waals surface area contributed by atoms with E-state index in [2.05, 4.69) is 42.3 Å². The van der Waals surface area contributed by atoms with Crippen LogP contribution in [0, 0.1) is 0 Å². The molecule has 2 aliphatic rings. The lowest BCUT2D eigenvalue weighted by atomic mass is 9.78. The van der Waals surface area contributed by atoms with Crippen LogP contribution >= 0.6 is 0 Å². The van der Waals surface area contributed by atoms with Crippen LogP contribution in [0.5, 0.6) is 0 Å². The van der Waals surface area contributed by atoms with Crippen LogP contribution in [0.1, 0.15) is 31.2 Å². The summed E-state index contributed by atoms with van der Waals surface area (Å²) < 4.78 is 5.62. The summed E-state index contributed by atoms with van der Waals surface area (Å²) in [5.74, 6) is 0. The third kappa shape index (κ3) is 3.05. The highest BCUT2D eigenvalue weighted by molar-refractivity contribution is 5.14. The molecule has 0 radical (unpaired) electrons. The summed E-state index contributed by atoms with van der Waals surface area (Å²) in [5, 5.41) is 10.9. The molecule has 3 heteroatoms. The predicted octanol–water partition coefficient (Wildman–Crippen LogP) is 2.23. The third-order valence-corrected chi connectivity index (χ3v) is 4.95. The van der Waals surface area contributed by atoms with Crippen molar-refractivity contribution in [2.45, 2.75) is 49.8 Å². The van der Waals surface area contributed by atoms with Gasteiger partial charge < -0.3 is 9.84 Å². The molecule has 0 saturated carbocycles. The second-order valence-corrected chi connectivity index (χ2v) is 6.48. The quantitative estimate of drug-likeness (QED) is 0.914. The number of ether oxygens (including phenoxy) is 1. The van der Waals surface area contributed by atoms with Gasteiger partial charge in [-0.1, -0.05) is 30.3 Å². The monoisotopic (exact) mass is 275 g/mol. The van der Waals surface area contributed by atoms with Crippen molar-refractivity contribution in [1.82, 2.24) is 4.90 Å². The Hall–Kier alpha value is -0.900. The molecule has 1 aromatic rings. The average molecular weight is 275 g/mol. The first-order valence-electron chi connectivity index (χ1n) is 7.72. The van der Waals surface area contributed by atoms with Gasteiger partial charge in [0, 0.05) is 12.1 Å². The lowest BCUT2D eigenvalue weighted by Gasteiger charge is -2.50. The molecule has 2 bridgehead atoms. The van der Waals surface area contributed by atoms with Crippen LogP contribution in [0.4, 0.5) is 0 Å². The van der Waals surface area contributed by atoms with Crippen molar-refractivity contribution in [2.24, 2.45) is 0 Å². The Kier molecular flexibility index (Phi) is 4.11. The number of hydrogen-bond acceptors (Lipinski definition) is 3. The topological polar surface area (TPSA) is 32.7 Å². The lowest BCUT2D eigenvalue weighted by Crippen LogP contribution is -2.60. The molecule has 2 aliphatic heterocycles. The number of nitrogens with zero attached hydrogens (tertiary/aromatic N) is 1. The van der Waals surface area contributed by atoms with E-state index in [9.17, 15) is 5.11 Å². The molecular weight excluding hydrogens is 250 g/mol. The molecular formula is C17H25NO2. The molecule has 0 aliphatic carbocycles. The van der Waals surface area contributed by atoms with E-state index in [1.165, 1.54) is 5.56 Å². The van der Waals surface area contributed by atoms with Crippen LogP contribution in [0.3, 0.4) is 0 Å². The van der Waals surface area contributed by atoms with Crippen molar-refractivity contribution in [3.05, 3.63) is 35.9 Å². The summed E-state index contributed by atoms with van der Waals surface area (Å²) in [6, 6.07) is 11.3. The standard InChI is InChI=1S/C17H25NO2/c1-18-15-10-17(19,11-16(18)13-20-12-15)9-5-8-14-6-3-2-4-7-14/h2-4,6-7,15-16,19H,5,8-13H2,1H3. The highest BCUT2D eigenvalue weighted by Crippen LogP contribution is 2.36. The van der Waals surface area contributed by atoms with Gasteiger partial charge in [0.25, 0.3) is 0 Å². The largest absolute Gasteiger partial charge is 0.390 e. The van der Waals surface area contributed by atoms with E-state index >= 15 is 0 Å². The predicted molar refractivity (Wildman–Crippen MR) is 79.7 cm³/mol. The third-order valence-electron chi connectivity index (χ3n) is 4.95. The molecule has 3 nitrogen and oxygen atoms in total.